The molecule has 1 nitrogen and oxygen atoms in total. The average Bonchev–Trinajstić information content (AvgIpc) is 2.87. The minimum absolute atomic E-state index is 1.19. The van der Waals surface area contributed by atoms with Gasteiger partial charge in [0.2, 0.25) is 0 Å². The summed E-state index contributed by atoms with van der Waals surface area (Å²) in [5, 5.41) is 2.18. The van der Waals surface area contributed by atoms with Gasteiger partial charge < -0.3 is 4.57 Å². The standard InChI is InChI=1S/C14H21NS/c1-2-3-4-5-6-7-10-15-11-8-14-13(15)9-12-16-14/h8-9,11-12H,2-7,10H2,1H3. The molecule has 0 aliphatic carbocycles. The fourth-order valence-corrected chi connectivity index (χ4v) is 2.96. The molecule has 2 aromatic heterocycles. The lowest BCUT2D eigenvalue weighted by Gasteiger charge is -2.04. The summed E-state index contributed by atoms with van der Waals surface area (Å²) in [6, 6.07) is 4.47. The summed E-state index contributed by atoms with van der Waals surface area (Å²) < 4.78 is 3.82. The van der Waals surface area contributed by atoms with E-state index in [9.17, 15) is 0 Å². The monoisotopic (exact) mass is 235 g/mol. The van der Waals surface area contributed by atoms with Crippen molar-refractivity contribution in [2.45, 2.75) is 52.0 Å². The SMILES string of the molecule is CCCCCCCCn1ccc2sccc21. The van der Waals surface area contributed by atoms with Crippen LogP contribution in [0.5, 0.6) is 0 Å². The summed E-state index contributed by atoms with van der Waals surface area (Å²) in [5.41, 5.74) is 1.42. The molecule has 0 aliphatic heterocycles. The molecule has 0 N–H and O–H groups in total. The van der Waals surface area contributed by atoms with Crippen molar-refractivity contribution in [1.29, 1.82) is 0 Å². The minimum Gasteiger partial charge on any atom is -0.347 e. The van der Waals surface area contributed by atoms with Gasteiger partial charge in [-0.25, -0.2) is 0 Å². The number of aryl methyl sites for hydroxylation is 1. The Morgan fingerprint density at radius 1 is 1.06 bits per heavy atom. The summed E-state index contributed by atoms with van der Waals surface area (Å²) in [7, 11) is 0. The van der Waals surface area contributed by atoms with E-state index in [-0.39, 0.29) is 0 Å². The number of fused-ring (bicyclic) bond motifs is 1. The van der Waals surface area contributed by atoms with E-state index in [2.05, 4.69) is 35.2 Å². The summed E-state index contributed by atoms with van der Waals surface area (Å²) in [5.74, 6) is 0. The van der Waals surface area contributed by atoms with E-state index >= 15 is 0 Å². The van der Waals surface area contributed by atoms with Crippen LogP contribution < -0.4 is 0 Å². The highest BCUT2D eigenvalue weighted by Crippen LogP contribution is 2.22. The smallest absolute Gasteiger partial charge is 0.0589 e. The molecule has 0 saturated heterocycles. The second-order valence-corrected chi connectivity index (χ2v) is 5.39. The largest absolute Gasteiger partial charge is 0.347 e. The van der Waals surface area contributed by atoms with E-state index < -0.39 is 0 Å². The van der Waals surface area contributed by atoms with E-state index in [0.29, 0.717) is 0 Å². The van der Waals surface area contributed by atoms with Gasteiger partial charge >= 0.3 is 0 Å². The average molecular weight is 235 g/mol. The lowest BCUT2D eigenvalue weighted by Crippen LogP contribution is -1.95. The van der Waals surface area contributed by atoms with Crippen LogP contribution in [0, 0.1) is 0 Å². The van der Waals surface area contributed by atoms with Crippen molar-refractivity contribution >= 4 is 21.6 Å². The predicted octanol–water partition coefficient (Wildman–Crippen LogP) is 5.06. The van der Waals surface area contributed by atoms with Crippen molar-refractivity contribution in [3.8, 4) is 0 Å². The van der Waals surface area contributed by atoms with Crippen molar-refractivity contribution < 1.29 is 0 Å². The van der Waals surface area contributed by atoms with Crippen molar-refractivity contribution in [2.24, 2.45) is 0 Å². The highest BCUT2D eigenvalue weighted by atomic mass is 32.1. The van der Waals surface area contributed by atoms with Crippen LogP contribution in [-0.2, 0) is 6.54 Å². The summed E-state index contributed by atoms with van der Waals surface area (Å²) in [4.78, 5) is 0. The number of hydrogen-bond acceptors (Lipinski definition) is 1. The number of aromatic nitrogens is 1. The highest BCUT2D eigenvalue weighted by molar-refractivity contribution is 7.17. The van der Waals surface area contributed by atoms with Gasteiger partial charge in [0.25, 0.3) is 0 Å². The molecule has 0 bridgehead atoms. The van der Waals surface area contributed by atoms with E-state index in [4.69, 9.17) is 0 Å². The van der Waals surface area contributed by atoms with E-state index in [1.54, 1.807) is 0 Å². The van der Waals surface area contributed by atoms with Crippen LogP contribution in [0.1, 0.15) is 45.4 Å². The van der Waals surface area contributed by atoms with Gasteiger partial charge in [0.1, 0.15) is 0 Å². The second kappa shape index (κ2) is 6.09. The Balaban J connectivity index is 1.72. The number of thiophene rings is 1. The normalized spacial score (nSPS) is 11.3. The van der Waals surface area contributed by atoms with Gasteiger partial charge in [-0.3, -0.25) is 0 Å². The van der Waals surface area contributed by atoms with Gasteiger partial charge in [-0.2, -0.15) is 0 Å². The van der Waals surface area contributed by atoms with Gasteiger partial charge in [-0.1, -0.05) is 39.0 Å². The summed E-state index contributed by atoms with van der Waals surface area (Å²) >= 11 is 1.84. The topological polar surface area (TPSA) is 4.93 Å². The first kappa shape index (κ1) is 11.7. The Morgan fingerprint density at radius 2 is 1.88 bits per heavy atom. The molecule has 0 aliphatic rings. The third kappa shape index (κ3) is 2.88. The van der Waals surface area contributed by atoms with Crippen LogP contribution >= 0.6 is 11.3 Å². The Morgan fingerprint density at radius 3 is 2.75 bits per heavy atom. The number of hydrogen-bond donors (Lipinski definition) is 0. The fraction of sp³-hybridized carbons (Fsp3) is 0.571. The summed E-state index contributed by atoms with van der Waals surface area (Å²) in [6.45, 7) is 3.46. The second-order valence-electron chi connectivity index (χ2n) is 4.45. The lowest BCUT2D eigenvalue weighted by molar-refractivity contribution is 0.565. The van der Waals surface area contributed by atoms with Crippen LogP contribution in [0.15, 0.2) is 23.7 Å². The molecule has 2 heterocycles. The van der Waals surface area contributed by atoms with Crippen molar-refractivity contribution in [2.75, 3.05) is 0 Å². The maximum absolute atomic E-state index is 2.39. The number of unbranched alkanes of at least 4 members (excludes halogenated alkanes) is 5. The Kier molecular flexibility index (Phi) is 4.46. The third-order valence-corrected chi connectivity index (χ3v) is 4.01. The van der Waals surface area contributed by atoms with Gasteiger partial charge in [-0.15, -0.1) is 11.3 Å². The maximum Gasteiger partial charge on any atom is 0.0589 e. The first-order valence-electron chi connectivity index (χ1n) is 6.44. The Hall–Kier alpha value is -0.760. The van der Waals surface area contributed by atoms with Crippen molar-refractivity contribution in [3.05, 3.63) is 23.7 Å². The van der Waals surface area contributed by atoms with E-state index in [1.165, 1.54) is 55.3 Å². The quantitative estimate of drug-likeness (QED) is 0.591. The molecular weight excluding hydrogens is 214 g/mol. The molecule has 2 heteroatoms. The first-order valence-corrected chi connectivity index (χ1v) is 7.32. The molecule has 0 radical (unpaired) electrons. The zero-order valence-corrected chi connectivity index (χ0v) is 10.9. The Labute approximate surface area is 102 Å². The molecule has 0 saturated carbocycles. The minimum atomic E-state index is 1.19. The molecule has 88 valence electrons. The molecule has 0 spiro atoms. The third-order valence-electron chi connectivity index (χ3n) is 3.14. The number of nitrogens with zero attached hydrogens (tertiary/aromatic N) is 1. The number of rotatable bonds is 7. The molecule has 0 aromatic carbocycles. The molecule has 0 fully saturated rings. The molecule has 16 heavy (non-hydrogen) atoms. The van der Waals surface area contributed by atoms with Crippen LogP contribution in [0.3, 0.4) is 0 Å². The van der Waals surface area contributed by atoms with Gasteiger partial charge in [0, 0.05) is 12.7 Å². The van der Waals surface area contributed by atoms with Crippen LogP contribution in [0.2, 0.25) is 0 Å². The maximum atomic E-state index is 2.39. The van der Waals surface area contributed by atoms with Gasteiger partial charge in [0.15, 0.2) is 0 Å². The predicted molar refractivity (Wildman–Crippen MR) is 73.2 cm³/mol. The molecule has 0 amide bonds. The lowest BCUT2D eigenvalue weighted by atomic mass is 10.1. The van der Waals surface area contributed by atoms with Crippen LogP contribution in [0.4, 0.5) is 0 Å². The van der Waals surface area contributed by atoms with Crippen molar-refractivity contribution in [1.82, 2.24) is 4.57 Å². The first-order chi connectivity index (χ1) is 7.92. The van der Waals surface area contributed by atoms with Crippen molar-refractivity contribution in [3.63, 3.8) is 0 Å². The molecule has 0 unspecified atom stereocenters. The highest BCUT2D eigenvalue weighted by Gasteiger charge is 2.00. The van der Waals surface area contributed by atoms with Crippen LogP contribution in [0.25, 0.3) is 10.2 Å². The molecular formula is C14H21NS. The molecule has 2 aromatic rings. The molecule has 2 rings (SSSR count). The Bertz CT molecular complexity index is 413. The van der Waals surface area contributed by atoms with Crippen LogP contribution in [-0.4, -0.2) is 4.57 Å². The zero-order chi connectivity index (χ0) is 11.2. The summed E-state index contributed by atoms with van der Waals surface area (Å²) in [6.07, 6.45) is 10.5. The fourth-order valence-electron chi connectivity index (χ4n) is 2.17. The van der Waals surface area contributed by atoms with Gasteiger partial charge in [0.05, 0.1) is 10.2 Å². The molecule has 0 atom stereocenters. The van der Waals surface area contributed by atoms with Gasteiger partial charge in [-0.05, 0) is 23.9 Å². The van der Waals surface area contributed by atoms with E-state index in [0.717, 1.165) is 0 Å². The zero-order valence-electron chi connectivity index (χ0n) is 10.1. The van der Waals surface area contributed by atoms with E-state index in [1.807, 2.05) is 11.3 Å².